The molecule has 0 aliphatic heterocycles. The molecule has 1 aromatic heterocycles. The second kappa shape index (κ2) is 8.11. The Morgan fingerprint density at radius 1 is 1.17 bits per heavy atom. The number of halogens is 1. The average Bonchev–Trinajstić information content (AvgIpc) is 2.98. The Hall–Kier alpha value is -1.41. The maximum Gasteiger partial charge on any atom is 0.243 e. The van der Waals surface area contributed by atoms with E-state index in [2.05, 4.69) is 0 Å². The van der Waals surface area contributed by atoms with Crippen molar-refractivity contribution in [2.75, 3.05) is 20.1 Å². The first-order valence-electron chi connectivity index (χ1n) is 7.38. The minimum atomic E-state index is -3.68. The fourth-order valence-corrected chi connectivity index (χ4v) is 4.39. The van der Waals surface area contributed by atoms with Gasteiger partial charge in [-0.1, -0.05) is 29.8 Å². The number of sulfonamides is 1. The van der Waals surface area contributed by atoms with Gasteiger partial charge in [0.15, 0.2) is 0 Å². The molecule has 130 valence electrons. The molecule has 0 aliphatic rings. The lowest BCUT2D eigenvalue weighted by molar-refractivity contribution is -0.131. The van der Waals surface area contributed by atoms with Crippen LogP contribution in [0.1, 0.15) is 11.8 Å². The van der Waals surface area contributed by atoms with Crippen molar-refractivity contribution in [3.05, 3.63) is 51.7 Å². The molecule has 0 bridgehead atoms. The summed E-state index contributed by atoms with van der Waals surface area (Å²) in [4.78, 5) is 15.2. The molecule has 1 aromatic carbocycles. The molecule has 5 nitrogen and oxygen atoms in total. The van der Waals surface area contributed by atoms with Crippen LogP contribution >= 0.6 is 22.9 Å². The van der Waals surface area contributed by atoms with Crippen LogP contribution in [-0.2, 0) is 21.4 Å². The average molecular weight is 387 g/mol. The standard InChI is InChI=1S/C16H19ClN2O3S2/c1-3-19(11-13-9-10-15(17)23-13)16(20)12-18(2)24(21,22)14-7-5-4-6-8-14/h4-10H,3,11-12H2,1-2H3. The summed E-state index contributed by atoms with van der Waals surface area (Å²) >= 11 is 7.32. The third-order valence-electron chi connectivity index (χ3n) is 3.52. The second-order valence-corrected chi connectivity index (χ2v) is 9.03. The second-order valence-electron chi connectivity index (χ2n) is 5.19. The van der Waals surface area contributed by atoms with E-state index >= 15 is 0 Å². The van der Waals surface area contributed by atoms with Crippen molar-refractivity contribution >= 4 is 38.9 Å². The Balaban J connectivity index is 2.06. The van der Waals surface area contributed by atoms with Gasteiger partial charge in [0.2, 0.25) is 15.9 Å². The highest BCUT2D eigenvalue weighted by Crippen LogP contribution is 2.23. The molecule has 0 atom stereocenters. The number of nitrogens with zero attached hydrogens (tertiary/aromatic N) is 2. The summed E-state index contributed by atoms with van der Waals surface area (Å²) < 4.78 is 26.7. The van der Waals surface area contributed by atoms with Crippen LogP contribution < -0.4 is 0 Å². The van der Waals surface area contributed by atoms with Crippen molar-refractivity contribution in [3.63, 3.8) is 0 Å². The molecule has 0 saturated carbocycles. The molecule has 0 radical (unpaired) electrons. The number of hydrogen-bond acceptors (Lipinski definition) is 4. The van der Waals surface area contributed by atoms with Crippen LogP contribution in [0.5, 0.6) is 0 Å². The summed E-state index contributed by atoms with van der Waals surface area (Å²) in [5, 5.41) is 0. The van der Waals surface area contributed by atoms with E-state index in [9.17, 15) is 13.2 Å². The minimum Gasteiger partial charge on any atom is -0.337 e. The first-order valence-corrected chi connectivity index (χ1v) is 10.0. The molecule has 0 unspecified atom stereocenters. The van der Waals surface area contributed by atoms with Crippen LogP contribution in [0.4, 0.5) is 0 Å². The van der Waals surface area contributed by atoms with Crippen molar-refractivity contribution in [2.45, 2.75) is 18.4 Å². The SMILES string of the molecule is CCN(Cc1ccc(Cl)s1)C(=O)CN(C)S(=O)(=O)c1ccccc1. The first-order chi connectivity index (χ1) is 11.3. The Labute approximate surface area is 151 Å². The molecular formula is C16H19ClN2O3S2. The Morgan fingerprint density at radius 3 is 2.38 bits per heavy atom. The quantitative estimate of drug-likeness (QED) is 0.734. The normalized spacial score (nSPS) is 11.7. The maximum absolute atomic E-state index is 12.5. The molecule has 24 heavy (non-hydrogen) atoms. The third-order valence-corrected chi connectivity index (χ3v) is 6.55. The van der Waals surface area contributed by atoms with Crippen LogP contribution in [0, 0.1) is 0 Å². The Bertz CT molecular complexity index is 791. The number of thiophene rings is 1. The van der Waals surface area contributed by atoms with E-state index in [-0.39, 0.29) is 17.3 Å². The van der Waals surface area contributed by atoms with Gasteiger partial charge in [-0.2, -0.15) is 4.31 Å². The van der Waals surface area contributed by atoms with Gasteiger partial charge < -0.3 is 4.90 Å². The number of carbonyl (C=O) groups is 1. The molecule has 0 saturated heterocycles. The van der Waals surface area contributed by atoms with Gasteiger partial charge in [-0.15, -0.1) is 11.3 Å². The zero-order valence-corrected chi connectivity index (χ0v) is 15.9. The predicted octanol–water partition coefficient (Wildman–Crippen LogP) is 3.07. The van der Waals surface area contributed by atoms with E-state index < -0.39 is 10.0 Å². The number of rotatable bonds is 7. The van der Waals surface area contributed by atoms with Gasteiger partial charge in [-0.3, -0.25) is 4.79 Å². The molecule has 2 rings (SSSR count). The fraction of sp³-hybridized carbons (Fsp3) is 0.312. The van der Waals surface area contributed by atoms with Gasteiger partial charge >= 0.3 is 0 Å². The molecule has 0 spiro atoms. The van der Waals surface area contributed by atoms with Gasteiger partial charge in [-0.05, 0) is 31.2 Å². The van der Waals surface area contributed by atoms with Crippen LogP contribution in [0.3, 0.4) is 0 Å². The summed E-state index contributed by atoms with van der Waals surface area (Å²) in [6.45, 7) is 2.57. The highest BCUT2D eigenvalue weighted by molar-refractivity contribution is 7.89. The summed E-state index contributed by atoms with van der Waals surface area (Å²) in [6.07, 6.45) is 0. The van der Waals surface area contributed by atoms with Gasteiger partial charge in [-0.25, -0.2) is 8.42 Å². The molecule has 2 aromatic rings. The smallest absolute Gasteiger partial charge is 0.243 e. The number of hydrogen-bond donors (Lipinski definition) is 0. The topological polar surface area (TPSA) is 57.7 Å². The van der Waals surface area contributed by atoms with E-state index in [1.54, 1.807) is 29.2 Å². The zero-order valence-electron chi connectivity index (χ0n) is 13.5. The van der Waals surface area contributed by atoms with E-state index in [0.29, 0.717) is 17.4 Å². The molecule has 0 fully saturated rings. The summed E-state index contributed by atoms with van der Waals surface area (Å²) in [6, 6.07) is 11.7. The first kappa shape index (κ1) is 18.9. The van der Waals surface area contributed by atoms with E-state index in [1.807, 2.05) is 13.0 Å². The van der Waals surface area contributed by atoms with Gasteiger partial charge in [0.25, 0.3) is 0 Å². The maximum atomic E-state index is 12.5. The van der Waals surface area contributed by atoms with Crippen LogP contribution in [0.25, 0.3) is 0 Å². The van der Waals surface area contributed by atoms with Crippen molar-refractivity contribution < 1.29 is 13.2 Å². The lowest BCUT2D eigenvalue weighted by Gasteiger charge is -2.23. The molecule has 1 amide bonds. The monoisotopic (exact) mass is 386 g/mol. The van der Waals surface area contributed by atoms with Gasteiger partial charge in [0.1, 0.15) is 0 Å². The number of likely N-dealkylation sites (N-methyl/N-ethyl adjacent to an activating group) is 2. The molecule has 0 aliphatic carbocycles. The van der Waals surface area contributed by atoms with Crippen LogP contribution in [-0.4, -0.2) is 43.7 Å². The molecular weight excluding hydrogens is 368 g/mol. The van der Waals surface area contributed by atoms with E-state index in [0.717, 1.165) is 9.18 Å². The summed E-state index contributed by atoms with van der Waals surface area (Å²) in [7, 11) is -2.26. The number of carbonyl (C=O) groups excluding carboxylic acids is 1. The summed E-state index contributed by atoms with van der Waals surface area (Å²) in [5.74, 6) is -0.246. The van der Waals surface area contributed by atoms with Crippen molar-refractivity contribution in [1.82, 2.24) is 9.21 Å². The van der Waals surface area contributed by atoms with E-state index in [4.69, 9.17) is 11.6 Å². The lowest BCUT2D eigenvalue weighted by atomic mass is 10.4. The van der Waals surface area contributed by atoms with Gasteiger partial charge in [0.05, 0.1) is 22.3 Å². The lowest BCUT2D eigenvalue weighted by Crippen LogP contribution is -2.40. The van der Waals surface area contributed by atoms with Crippen molar-refractivity contribution in [3.8, 4) is 0 Å². The molecule has 0 N–H and O–H groups in total. The van der Waals surface area contributed by atoms with E-state index in [1.165, 1.54) is 30.5 Å². The highest BCUT2D eigenvalue weighted by Gasteiger charge is 2.24. The Kier molecular flexibility index (Phi) is 6.40. The molecule has 8 heteroatoms. The third kappa shape index (κ3) is 4.57. The fourth-order valence-electron chi connectivity index (χ4n) is 2.15. The van der Waals surface area contributed by atoms with Crippen LogP contribution in [0.15, 0.2) is 47.4 Å². The van der Waals surface area contributed by atoms with Gasteiger partial charge in [0, 0.05) is 18.5 Å². The Morgan fingerprint density at radius 2 is 1.83 bits per heavy atom. The number of amides is 1. The largest absolute Gasteiger partial charge is 0.337 e. The van der Waals surface area contributed by atoms with Crippen LogP contribution in [0.2, 0.25) is 4.34 Å². The van der Waals surface area contributed by atoms with Crippen molar-refractivity contribution in [2.24, 2.45) is 0 Å². The predicted molar refractivity (Wildman–Crippen MR) is 96.7 cm³/mol. The molecule has 1 heterocycles. The zero-order chi connectivity index (χ0) is 17.7. The summed E-state index contributed by atoms with van der Waals surface area (Å²) in [5.41, 5.74) is 0. The minimum absolute atomic E-state index is 0.174. The number of benzene rings is 1. The van der Waals surface area contributed by atoms with Crippen molar-refractivity contribution in [1.29, 1.82) is 0 Å². The highest BCUT2D eigenvalue weighted by atomic mass is 35.5.